The first-order valence-corrected chi connectivity index (χ1v) is 8.58. The van der Waals surface area contributed by atoms with Gasteiger partial charge in [0.05, 0.1) is 12.1 Å². The van der Waals surface area contributed by atoms with E-state index in [9.17, 15) is 9.18 Å². The van der Waals surface area contributed by atoms with Gasteiger partial charge in [-0.05, 0) is 55.6 Å². The number of carbonyl (C=O) groups excluding carboxylic acids is 1. The quantitative estimate of drug-likeness (QED) is 0.682. The minimum atomic E-state index is -0.270. The predicted molar refractivity (Wildman–Crippen MR) is 95.3 cm³/mol. The van der Waals surface area contributed by atoms with Crippen LogP contribution in [0.25, 0.3) is 5.69 Å². The molecule has 0 aliphatic carbocycles. The summed E-state index contributed by atoms with van der Waals surface area (Å²) in [5.74, 6) is -0.280. The van der Waals surface area contributed by atoms with Gasteiger partial charge < -0.3 is 9.47 Å². The van der Waals surface area contributed by atoms with Crippen LogP contribution >= 0.6 is 11.3 Å². The van der Waals surface area contributed by atoms with Crippen LogP contribution in [-0.2, 0) is 6.54 Å². The van der Waals surface area contributed by atoms with Gasteiger partial charge in [0.25, 0.3) is 5.91 Å². The fourth-order valence-corrected chi connectivity index (χ4v) is 3.64. The summed E-state index contributed by atoms with van der Waals surface area (Å²) in [7, 11) is 1.81. The van der Waals surface area contributed by atoms with E-state index in [2.05, 4.69) is 0 Å². The number of hydrogen-bond acceptors (Lipinski definition) is 2. The third-order valence-corrected chi connectivity index (χ3v) is 4.93. The molecule has 0 radical (unpaired) electrons. The molecule has 0 unspecified atom stereocenters. The zero-order valence-electron chi connectivity index (χ0n) is 13.9. The van der Waals surface area contributed by atoms with Crippen molar-refractivity contribution in [2.75, 3.05) is 7.05 Å². The van der Waals surface area contributed by atoms with Crippen molar-refractivity contribution in [3.8, 4) is 5.69 Å². The number of carbonyl (C=O) groups is 1. The molecule has 5 heteroatoms. The monoisotopic (exact) mass is 342 g/mol. The van der Waals surface area contributed by atoms with Crippen molar-refractivity contribution in [2.45, 2.75) is 20.4 Å². The summed E-state index contributed by atoms with van der Waals surface area (Å²) in [5.41, 5.74) is 3.34. The van der Waals surface area contributed by atoms with E-state index >= 15 is 0 Å². The van der Waals surface area contributed by atoms with Crippen molar-refractivity contribution >= 4 is 17.2 Å². The van der Waals surface area contributed by atoms with Crippen molar-refractivity contribution in [1.29, 1.82) is 0 Å². The first-order chi connectivity index (χ1) is 11.5. The molecule has 3 aromatic rings. The Morgan fingerprint density at radius 3 is 2.54 bits per heavy atom. The summed E-state index contributed by atoms with van der Waals surface area (Å²) in [4.78, 5) is 15.7. The van der Waals surface area contributed by atoms with Gasteiger partial charge in [-0.1, -0.05) is 6.07 Å². The number of aromatic nitrogens is 1. The lowest BCUT2D eigenvalue weighted by Gasteiger charge is -2.16. The molecule has 0 aliphatic rings. The van der Waals surface area contributed by atoms with E-state index in [-0.39, 0.29) is 11.7 Å². The Kier molecular flexibility index (Phi) is 4.53. The van der Waals surface area contributed by atoms with Gasteiger partial charge in [0.2, 0.25) is 0 Å². The van der Waals surface area contributed by atoms with E-state index < -0.39 is 0 Å². The molecule has 0 bridgehead atoms. The van der Waals surface area contributed by atoms with Gasteiger partial charge in [-0.3, -0.25) is 4.79 Å². The molecule has 0 saturated heterocycles. The Morgan fingerprint density at radius 1 is 1.21 bits per heavy atom. The van der Waals surface area contributed by atoms with Crippen molar-refractivity contribution in [1.82, 2.24) is 9.47 Å². The molecule has 3 rings (SSSR count). The van der Waals surface area contributed by atoms with Gasteiger partial charge in [-0.2, -0.15) is 0 Å². The van der Waals surface area contributed by atoms with Gasteiger partial charge in [0.1, 0.15) is 5.82 Å². The number of benzene rings is 1. The average molecular weight is 342 g/mol. The SMILES string of the molecule is Cc1cc(C(=O)N(C)Cc2cccs2)c(C)n1-c1ccc(F)cc1. The van der Waals surface area contributed by atoms with Crippen LogP contribution < -0.4 is 0 Å². The highest BCUT2D eigenvalue weighted by Crippen LogP contribution is 2.23. The fourth-order valence-electron chi connectivity index (χ4n) is 2.88. The molecule has 0 saturated carbocycles. The molecule has 24 heavy (non-hydrogen) atoms. The molecule has 124 valence electrons. The van der Waals surface area contributed by atoms with E-state index in [0.29, 0.717) is 12.1 Å². The van der Waals surface area contributed by atoms with Crippen LogP contribution in [0.15, 0.2) is 47.8 Å². The van der Waals surface area contributed by atoms with E-state index in [1.54, 1.807) is 28.4 Å². The Hall–Kier alpha value is -2.40. The zero-order chi connectivity index (χ0) is 17.3. The molecule has 0 aliphatic heterocycles. The van der Waals surface area contributed by atoms with Crippen LogP contribution in [0.3, 0.4) is 0 Å². The highest BCUT2D eigenvalue weighted by Gasteiger charge is 2.20. The van der Waals surface area contributed by atoms with Crippen LogP contribution in [0.4, 0.5) is 4.39 Å². The van der Waals surface area contributed by atoms with Gasteiger partial charge in [0, 0.05) is 29.0 Å². The topological polar surface area (TPSA) is 25.2 Å². The number of rotatable bonds is 4. The molecule has 0 spiro atoms. The third kappa shape index (κ3) is 3.12. The van der Waals surface area contributed by atoms with Crippen LogP contribution in [0.1, 0.15) is 26.6 Å². The molecule has 3 nitrogen and oxygen atoms in total. The zero-order valence-corrected chi connectivity index (χ0v) is 14.7. The first-order valence-electron chi connectivity index (χ1n) is 7.70. The predicted octanol–water partition coefficient (Wildman–Crippen LogP) is 4.57. The molecular formula is C19H19FN2OS. The van der Waals surface area contributed by atoms with Gasteiger partial charge in [-0.25, -0.2) is 4.39 Å². The first kappa shape index (κ1) is 16.5. The van der Waals surface area contributed by atoms with E-state index in [1.807, 2.05) is 49.0 Å². The minimum absolute atomic E-state index is 0.00939. The van der Waals surface area contributed by atoms with Crippen molar-refractivity contribution in [3.05, 3.63) is 75.5 Å². The number of aryl methyl sites for hydroxylation is 1. The van der Waals surface area contributed by atoms with Crippen LogP contribution in [0.2, 0.25) is 0 Å². The fraction of sp³-hybridized carbons (Fsp3) is 0.211. The Morgan fingerprint density at radius 2 is 1.92 bits per heavy atom. The second-order valence-corrected chi connectivity index (χ2v) is 6.87. The molecule has 0 fully saturated rings. The number of nitrogens with zero attached hydrogens (tertiary/aromatic N) is 2. The molecule has 1 aromatic carbocycles. The molecule has 2 aromatic heterocycles. The van der Waals surface area contributed by atoms with Gasteiger partial charge in [-0.15, -0.1) is 11.3 Å². The normalized spacial score (nSPS) is 10.8. The van der Waals surface area contributed by atoms with Crippen molar-refractivity contribution in [3.63, 3.8) is 0 Å². The molecule has 0 atom stereocenters. The van der Waals surface area contributed by atoms with Crippen molar-refractivity contribution < 1.29 is 9.18 Å². The molecule has 1 amide bonds. The lowest BCUT2D eigenvalue weighted by atomic mass is 10.2. The van der Waals surface area contributed by atoms with E-state index in [0.717, 1.165) is 22.0 Å². The largest absolute Gasteiger partial charge is 0.337 e. The van der Waals surface area contributed by atoms with Crippen LogP contribution in [0, 0.1) is 19.7 Å². The number of hydrogen-bond donors (Lipinski definition) is 0. The summed E-state index contributed by atoms with van der Waals surface area (Å²) in [6.07, 6.45) is 0. The van der Waals surface area contributed by atoms with Crippen LogP contribution in [0.5, 0.6) is 0 Å². The minimum Gasteiger partial charge on any atom is -0.337 e. The van der Waals surface area contributed by atoms with E-state index in [4.69, 9.17) is 0 Å². The maximum Gasteiger partial charge on any atom is 0.255 e. The average Bonchev–Trinajstić information content (AvgIpc) is 3.16. The number of halogens is 1. The third-order valence-electron chi connectivity index (χ3n) is 4.07. The number of thiophene rings is 1. The summed E-state index contributed by atoms with van der Waals surface area (Å²) in [6, 6.07) is 12.2. The summed E-state index contributed by atoms with van der Waals surface area (Å²) in [5, 5.41) is 2.01. The maximum atomic E-state index is 13.2. The number of amides is 1. The molecular weight excluding hydrogens is 323 g/mol. The highest BCUT2D eigenvalue weighted by molar-refractivity contribution is 7.09. The smallest absolute Gasteiger partial charge is 0.255 e. The molecule has 0 N–H and O–H groups in total. The molecule has 2 heterocycles. The van der Waals surface area contributed by atoms with E-state index in [1.165, 1.54) is 12.1 Å². The standard InChI is InChI=1S/C19H19FN2OS/c1-13-11-18(19(23)21(3)12-17-5-4-10-24-17)14(2)22(13)16-8-6-15(20)7-9-16/h4-11H,12H2,1-3H3. The second-order valence-electron chi connectivity index (χ2n) is 5.84. The van der Waals surface area contributed by atoms with Crippen molar-refractivity contribution in [2.24, 2.45) is 0 Å². The van der Waals surface area contributed by atoms with Gasteiger partial charge >= 0.3 is 0 Å². The summed E-state index contributed by atoms with van der Waals surface area (Å²) >= 11 is 1.64. The Labute approximate surface area is 145 Å². The lowest BCUT2D eigenvalue weighted by Crippen LogP contribution is -2.26. The van der Waals surface area contributed by atoms with Gasteiger partial charge in [0.15, 0.2) is 0 Å². The Bertz CT molecular complexity index is 850. The summed E-state index contributed by atoms with van der Waals surface area (Å²) < 4.78 is 15.1. The second kappa shape index (κ2) is 6.61. The maximum absolute atomic E-state index is 13.2. The highest BCUT2D eigenvalue weighted by atomic mass is 32.1. The summed E-state index contributed by atoms with van der Waals surface area (Å²) in [6.45, 7) is 4.46. The van der Waals surface area contributed by atoms with Crippen LogP contribution in [-0.4, -0.2) is 22.4 Å². The Balaban J connectivity index is 1.90. The lowest BCUT2D eigenvalue weighted by molar-refractivity contribution is 0.0786.